The van der Waals surface area contributed by atoms with Crippen molar-refractivity contribution in [2.45, 2.75) is 26.3 Å². The SMILES string of the molecule is CC(C)CC(=O)C1CSCCN1. The lowest BCUT2D eigenvalue weighted by Gasteiger charge is -2.22. The molecule has 1 rings (SSSR count). The molecule has 0 aromatic carbocycles. The van der Waals surface area contributed by atoms with Gasteiger partial charge in [0, 0.05) is 24.5 Å². The Labute approximate surface area is 78.5 Å². The molecule has 0 aromatic heterocycles. The molecule has 70 valence electrons. The highest BCUT2D eigenvalue weighted by molar-refractivity contribution is 7.99. The molecule has 1 saturated heterocycles. The Kier molecular flexibility index (Phi) is 4.09. The number of carbonyl (C=O) groups is 1. The third-order valence-electron chi connectivity index (χ3n) is 1.92. The Hall–Kier alpha value is -0.0200. The summed E-state index contributed by atoms with van der Waals surface area (Å²) in [5.41, 5.74) is 0. The summed E-state index contributed by atoms with van der Waals surface area (Å²) in [6.07, 6.45) is 0.720. The van der Waals surface area contributed by atoms with Gasteiger partial charge in [0.2, 0.25) is 0 Å². The maximum atomic E-state index is 11.5. The van der Waals surface area contributed by atoms with E-state index < -0.39 is 0 Å². The molecule has 1 unspecified atom stereocenters. The molecule has 0 spiro atoms. The minimum Gasteiger partial charge on any atom is -0.306 e. The van der Waals surface area contributed by atoms with E-state index in [0.29, 0.717) is 11.7 Å². The van der Waals surface area contributed by atoms with Crippen molar-refractivity contribution in [3.8, 4) is 0 Å². The van der Waals surface area contributed by atoms with E-state index in [-0.39, 0.29) is 6.04 Å². The molecular formula is C9H17NOS. The van der Waals surface area contributed by atoms with Crippen molar-refractivity contribution >= 4 is 17.5 Å². The molecule has 2 nitrogen and oxygen atoms in total. The van der Waals surface area contributed by atoms with E-state index in [1.165, 1.54) is 0 Å². The van der Waals surface area contributed by atoms with Crippen LogP contribution in [-0.4, -0.2) is 29.9 Å². The smallest absolute Gasteiger partial charge is 0.150 e. The molecule has 0 aromatic rings. The van der Waals surface area contributed by atoms with Gasteiger partial charge in [-0.25, -0.2) is 0 Å². The highest BCUT2D eigenvalue weighted by atomic mass is 32.2. The molecule has 1 atom stereocenters. The number of nitrogens with one attached hydrogen (secondary N) is 1. The van der Waals surface area contributed by atoms with Gasteiger partial charge in [0.25, 0.3) is 0 Å². The van der Waals surface area contributed by atoms with Crippen LogP contribution < -0.4 is 5.32 Å². The van der Waals surface area contributed by atoms with E-state index in [0.717, 1.165) is 24.5 Å². The van der Waals surface area contributed by atoms with Crippen LogP contribution in [0.2, 0.25) is 0 Å². The van der Waals surface area contributed by atoms with Gasteiger partial charge >= 0.3 is 0 Å². The van der Waals surface area contributed by atoms with Gasteiger partial charge in [-0.1, -0.05) is 13.8 Å². The molecule has 1 heterocycles. The van der Waals surface area contributed by atoms with Gasteiger partial charge in [0.15, 0.2) is 5.78 Å². The van der Waals surface area contributed by atoms with E-state index >= 15 is 0 Å². The lowest BCUT2D eigenvalue weighted by Crippen LogP contribution is -2.43. The van der Waals surface area contributed by atoms with Gasteiger partial charge < -0.3 is 5.32 Å². The van der Waals surface area contributed by atoms with Crippen molar-refractivity contribution in [1.29, 1.82) is 0 Å². The van der Waals surface area contributed by atoms with Crippen molar-refractivity contribution in [1.82, 2.24) is 5.32 Å². The lowest BCUT2D eigenvalue weighted by molar-refractivity contribution is -0.121. The van der Waals surface area contributed by atoms with E-state index in [4.69, 9.17) is 0 Å². The number of carbonyl (C=O) groups excluding carboxylic acids is 1. The van der Waals surface area contributed by atoms with E-state index in [9.17, 15) is 4.79 Å². The number of thioether (sulfide) groups is 1. The minimum absolute atomic E-state index is 0.131. The van der Waals surface area contributed by atoms with Crippen LogP contribution in [0.15, 0.2) is 0 Å². The number of rotatable bonds is 3. The van der Waals surface area contributed by atoms with Gasteiger partial charge in [0.1, 0.15) is 0 Å². The Morgan fingerprint density at radius 3 is 2.92 bits per heavy atom. The van der Waals surface area contributed by atoms with Gasteiger partial charge in [-0.3, -0.25) is 4.79 Å². The predicted molar refractivity (Wildman–Crippen MR) is 53.6 cm³/mol. The summed E-state index contributed by atoms with van der Waals surface area (Å²) in [5, 5.41) is 3.25. The van der Waals surface area contributed by atoms with E-state index in [1.54, 1.807) is 0 Å². The molecule has 0 amide bonds. The molecule has 12 heavy (non-hydrogen) atoms. The molecule has 0 aliphatic carbocycles. The first-order valence-corrected chi connectivity index (χ1v) is 5.69. The fourth-order valence-electron chi connectivity index (χ4n) is 1.32. The lowest BCUT2D eigenvalue weighted by atomic mass is 10.0. The highest BCUT2D eigenvalue weighted by Crippen LogP contribution is 2.11. The summed E-state index contributed by atoms with van der Waals surface area (Å²) < 4.78 is 0. The van der Waals surface area contributed by atoms with Crippen LogP contribution in [0.4, 0.5) is 0 Å². The first-order chi connectivity index (χ1) is 5.70. The minimum atomic E-state index is 0.131. The number of ketones is 1. The van der Waals surface area contributed by atoms with Crippen LogP contribution in [-0.2, 0) is 4.79 Å². The summed E-state index contributed by atoms with van der Waals surface area (Å²) in [7, 11) is 0. The zero-order valence-corrected chi connectivity index (χ0v) is 8.62. The molecule has 1 aliphatic rings. The standard InChI is InChI=1S/C9H17NOS/c1-7(2)5-9(11)8-6-12-4-3-10-8/h7-8,10H,3-6H2,1-2H3. The first kappa shape index (κ1) is 10.1. The third kappa shape index (κ3) is 3.15. The van der Waals surface area contributed by atoms with Crippen LogP contribution in [0, 0.1) is 5.92 Å². The van der Waals surface area contributed by atoms with Gasteiger partial charge in [-0.2, -0.15) is 11.8 Å². The molecule has 1 fully saturated rings. The summed E-state index contributed by atoms with van der Waals surface area (Å²) in [6.45, 7) is 5.17. The summed E-state index contributed by atoms with van der Waals surface area (Å²) >= 11 is 1.88. The van der Waals surface area contributed by atoms with Crippen molar-refractivity contribution in [3.05, 3.63) is 0 Å². The van der Waals surface area contributed by atoms with Gasteiger partial charge in [-0.15, -0.1) is 0 Å². The predicted octanol–water partition coefficient (Wildman–Crippen LogP) is 1.31. The molecule has 1 aliphatic heterocycles. The van der Waals surface area contributed by atoms with E-state index in [2.05, 4.69) is 19.2 Å². The monoisotopic (exact) mass is 187 g/mol. The average molecular weight is 187 g/mol. The number of hydrogen-bond acceptors (Lipinski definition) is 3. The molecule has 3 heteroatoms. The fraction of sp³-hybridized carbons (Fsp3) is 0.889. The summed E-state index contributed by atoms with van der Waals surface area (Å²) in [6, 6.07) is 0.131. The second kappa shape index (κ2) is 4.87. The van der Waals surface area contributed by atoms with Crippen molar-refractivity contribution < 1.29 is 4.79 Å². The molecule has 0 radical (unpaired) electrons. The summed E-state index contributed by atoms with van der Waals surface area (Å²) in [4.78, 5) is 11.5. The van der Waals surface area contributed by atoms with Crippen molar-refractivity contribution in [2.75, 3.05) is 18.1 Å². The topological polar surface area (TPSA) is 29.1 Å². The Balaban J connectivity index is 2.30. The largest absolute Gasteiger partial charge is 0.306 e. The molecule has 1 N–H and O–H groups in total. The first-order valence-electron chi connectivity index (χ1n) is 4.54. The molecule has 0 bridgehead atoms. The number of Topliss-reactive ketones (excluding diaryl/α,β-unsaturated/α-hetero) is 1. The zero-order chi connectivity index (χ0) is 8.97. The molecule has 0 saturated carbocycles. The maximum absolute atomic E-state index is 11.5. The normalized spacial score (nSPS) is 24.4. The third-order valence-corrected chi connectivity index (χ3v) is 2.98. The van der Waals surface area contributed by atoms with Gasteiger partial charge in [-0.05, 0) is 5.92 Å². The Morgan fingerprint density at radius 1 is 1.67 bits per heavy atom. The fourth-order valence-corrected chi connectivity index (χ4v) is 2.29. The highest BCUT2D eigenvalue weighted by Gasteiger charge is 2.20. The quantitative estimate of drug-likeness (QED) is 0.722. The van der Waals surface area contributed by atoms with Crippen molar-refractivity contribution in [3.63, 3.8) is 0 Å². The van der Waals surface area contributed by atoms with E-state index in [1.807, 2.05) is 11.8 Å². The average Bonchev–Trinajstić information content (AvgIpc) is 2.05. The van der Waals surface area contributed by atoms with Crippen LogP contribution in [0.25, 0.3) is 0 Å². The van der Waals surface area contributed by atoms with Crippen LogP contribution in [0.5, 0.6) is 0 Å². The summed E-state index contributed by atoms with van der Waals surface area (Å²) in [5.74, 6) is 2.99. The van der Waals surface area contributed by atoms with Crippen LogP contribution in [0.1, 0.15) is 20.3 Å². The number of hydrogen-bond donors (Lipinski definition) is 1. The molecular weight excluding hydrogens is 170 g/mol. The second-order valence-electron chi connectivity index (χ2n) is 3.65. The zero-order valence-electron chi connectivity index (χ0n) is 7.80. The maximum Gasteiger partial charge on any atom is 0.150 e. The van der Waals surface area contributed by atoms with Crippen LogP contribution >= 0.6 is 11.8 Å². The second-order valence-corrected chi connectivity index (χ2v) is 4.80. The Morgan fingerprint density at radius 2 is 2.42 bits per heavy atom. The van der Waals surface area contributed by atoms with Crippen LogP contribution in [0.3, 0.4) is 0 Å². The Bertz CT molecular complexity index is 153. The van der Waals surface area contributed by atoms with Crippen molar-refractivity contribution in [2.24, 2.45) is 5.92 Å². The van der Waals surface area contributed by atoms with Gasteiger partial charge in [0.05, 0.1) is 6.04 Å².